The maximum absolute atomic E-state index is 13.0. The van der Waals surface area contributed by atoms with Gasteiger partial charge in [-0.25, -0.2) is 13.2 Å². The molecule has 0 aliphatic heterocycles. The van der Waals surface area contributed by atoms with Crippen LogP contribution in [0.15, 0.2) is 29.2 Å². The van der Waals surface area contributed by atoms with Crippen LogP contribution < -0.4 is 5.56 Å². The Morgan fingerprint density at radius 1 is 1.00 bits per heavy atom. The highest BCUT2D eigenvalue weighted by Crippen LogP contribution is 2.22. The number of aromatic nitrogens is 1. The van der Waals surface area contributed by atoms with E-state index in [4.69, 9.17) is 0 Å². The molecular formula is C12H8F3NO. The second kappa shape index (κ2) is 4.08. The van der Waals surface area contributed by atoms with Gasteiger partial charge in [-0.2, -0.15) is 0 Å². The molecule has 5 heteroatoms. The van der Waals surface area contributed by atoms with Crippen molar-refractivity contribution in [2.45, 2.75) is 6.92 Å². The monoisotopic (exact) mass is 239 g/mol. The van der Waals surface area contributed by atoms with Gasteiger partial charge in [0.1, 0.15) is 0 Å². The van der Waals surface area contributed by atoms with Gasteiger partial charge in [-0.3, -0.25) is 4.79 Å². The number of hydrogen-bond donors (Lipinski definition) is 1. The first kappa shape index (κ1) is 11.4. The lowest BCUT2D eigenvalue weighted by molar-refractivity contribution is 0.447. The number of aromatic amines is 1. The molecule has 1 heterocycles. The molecule has 0 spiro atoms. The average Bonchev–Trinajstić information content (AvgIpc) is 2.29. The van der Waals surface area contributed by atoms with E-state index in [9.17, 15) is 18.0 Å². The van der Waals surface area contributed by atoms with Gasteiger partial charge in [0.15, 0.2) is 17.5 Å². The van der Waals surface area contributed by atoms with Gasteiger partial charge in [-0.05, 0) is 36.2 Å². The lowest BCUT2D eigenvalue weighted by Crippen LogP contribution is -2.08. The summed E-state index contributed by atoms with van der Waals surface area (Å²) in [4.78, 5) is 13.6. The molecular weight excluding hydrogens is 231 g/mol. The molecule has 0 atom stereocenters. The van der Waals surface area contributed by atoms with Gasteiger partial charge in [0, 0.05) is 11.8 Å². The quantitative estimate of drug-likeness (QED) is 0.762. The van der Waals surface area contributed by atoms with E-state index in [0.29, 0.717) is 11.1 Å². The molecule has 2 rings (SSSR count). The fraction of sp³-hybridized carbons (Fsp3) is 0.0833. The minimum Gasteiger partial charge on any atom is -0.328 e. The zero-order chi connectivity index (χ0) is 12.6. The molecule has 0 aliphatic rings. The fourth-order valence-corrected chi connectivity index (χ4v) is 1.49. The van der Waals surface area contributed by atoms with Crippen molar-refractivity contribution >= 4 is 0 Å². The molecule has 2 aromatic rings. The average molecular weight is 239 g/mol. The van der Waals surface area contributed by atoms with E-state index >= 15 is 0 Å². The van der Waals surface area contributed by atoms with Crippen molar-refractivity contribution in [3.63, 3.8) is 0 Å². The molecule has 0 aliphatic carbocycles. The molecule has 88 valence electrons. The van der Waals surface area contributed by atoms with Gasteiger partial charge in [0.25, 0.3) is 5.56 Å². The zero-order valence-electron chi connectivity index (χ0n) is 8.85. The molecule has 1 aromatic heterocycles. The Labute approximate surface area is 94.7 Å². The lowest BCUT2D eigenvalue weighted by Gasteiger charge is -2.04. The molecule has 2 nitrogen and oxygen atoms in total. The second-order valence-corrected chi connectivity index (χ2v) is 3.65. The normalized spacial score (nSPS) is 10.6. The third-order valence-electron chi connectivity index (χ3n) is 2.41. The number of hydrogen-bond acceptors (Lipinski definition) is 1. The first-order chi connectivity index (χ1) is 7.99. The molecule has 0 saturated heterocycles. The van der Waals surface area contributed by atoms with Crippen molar-refractivity contribution in [1.29, 1.82) is 0 Å². The summed E-state index contributed by atoms with van der Waals surface area (Å²) >= 11 is 0. The van der Waals surface area contributed by atoms with Gasteiger partial charge in [-0.1, -0.05) is 0 Å². The van der Waals surface area contributed by atoms with Crippen molar-refractivity contribution in [2.24, 2.45) is 0 Å². The maximum atomic E-state index is 13.0. The van der Waals surface area contributed by atoms with E-state index in [-0.39, 0.29) is 11.1 Å². The van der Waals surface area contributed by atoms with E-state index in [0.717, 1.165) is 12.1 Å². The number of halogens is 3. The van der Waals surface area contributed by atoms with Crippen LogP contribution in [0.3, 0.4) is 0 Å². The summed E-state index contributed by atoms with van der Waals surface area (Å²) in [6.07, 6.45) is 1.32. The van der Waals surface area contributed by atoms with Crippen LogP contribution in [0.5, 0.6) is 0 Å². The fourth-order valence-electron chi connectivity index (χ4n) is 1.49. The van der Waals surface area contributed by atoms with E-state index in [2.05, 4.69) is 4.98 Å². The SMILES string of the molecule is Cc1cc(-c2cc(F)c(F)c(F)c2)c[nH]c1=O. The smallest absolute Gasteiger partial charge is 0.250 e. The van der Waals surface area contributed by atoms with Crippen molar-refractivity contribution in [3.05, 3.63) is 57.8 Å². The number of aryl methyl sites for hydroxylation is 1. The minimum atomic E-state index is -1.50. The van der Waals surface area contributed by atoms with Crippen LogP contribution >= 0.6 is 0 Å². The maximum Gasteiger partial charge on any atom is 0.250 e. The van der Waals surface area contributed by atoms with E-state index < -0.39 is 17.5 Å². The number of pyridine rings is 1. The standard InChI is InChI=1S/C12H8F3NO/c1-6-2-8(5-16-12(6)17)7-3-9(13)11(15)10(14)4-7/h2-5H,1H3,(H,16,17). The van der Waals surface area contributed by atoms with Gasteiger partial charge in [0.05, 0.1) is 0 Å². The number of H-pyrrole nitrogens is 1. The molecule has 0 radical (unpaired) electrons. The Kier molecular flexibility index (Phi) is 2.75. The Bertz CT molecular complexity index is 611. The topological polar surface area (TPSA) is 32.9 Å². The summed E-state index contributed by atoms with van der Waals surface area (Å²) < 4.78 is 38.8. The van der Waals surface area contributed by atoms with Crippen LogP contribution in [0.1, 0.15) is 5.56 Å². The van der Waals surface area contributed by atoms with Crippen LogP contribution in [-0.4, -0.2) is 4.98 Å². The summed E-state index contributed by atoms with van der Waals surface area (Å²) in [7, 11) is 0. The second-order valence-electron chi connectivity index (χ2n) is 3.65. The highest BCUT2D eigenvalue weighted by molar-refractivity contribution is 5.63. The first-order valence-electron chi connectivity index (χ1n) is 4.83. The predicted octanol–water partition coefficient (Wildman–Crippen LogP) is 2.77. The van der Waals surface area contributed by atoms with E-state index in [1.807, 2.05) is 0 Å². The van der Waals surface area contributed by atoms with Gasteiger partial charge >= 0.3 is 0 Å². The van der Waals surface area contributed by atoms with Gasteiger partial charge in [-0.15, -0.1) is 0 Å². The Hall–Kier alpha value is -2.04. The molecule has 1 aromatic carbocycles. The highest BCUT2D eigenvalue weighted by Gasteiger charge is 2.11. The van der Waals surface area contributed by atoms with Crippen LogP contribution in [0, 0.1) is 24.4 Å². The third kappa shape index (κ3) is 2.08. The highest BCUT2D eigenvalue weighted by atomic mass is 19.2. The molecule has 17 heavy (non-hydrogen) atoms. The molecule has 0 bridgehead atoms. The van der Waals surface area contributed by atoms with Crippen molar-refractivity contribution in [3.8, 4) is 11.1 Å². The van der Waals surface area contributed by atoms with Crippen LogP contribution in [0.2, 0.25) is 0 Å². The summed E-state index contributed by atoms with van der Waals surface area (Å²) in [6.45, 7) is 1.57. The number of rotatable bonds is 1. The number of benzene rings is 1. The van der Waals surface area contributed by atoms with E-state index in [1.54, 1.807) is 6.92 Å². The van der Waals surface area contributed by atoms with Crippen LogP contribution in [0.25, 0.3) is 11.1 Å². The Morgan fingerprint density at radius 3 is 2.12 bits per heavy atom. The van der Waals surface area contributed by atoms with Gasteiger partial charge in [0.2, 0.25) is 0 Å². The summed E-state index contributed by atoms with van der Waals surface area (Å²) in [6, 6.07) is 3.24. The molecule has 0 saturated carbocycles. The molecule has 0 unspecified atom stereocenters. The largest absolute Gasteiger partial charge is 0.328 e. The van der Waals surface area contributed by atoms with Crippen LogP contribution in [0.4, 0.5) is 13.2 Å². The Morgan fingerprint density at radius 2 is 1.59 bits per heavy atom. The summed E-state index contributed by atoms with van der Waals surface area (Å²) in [5.41, 5.74) is 0.713. The van der Waals surface area contributed by atoms with Gasteiger partial charge < -0.3 is 4.98 Å². The lowest BCUT2D eigenvalue weighted by atomic mass is 10.1. The summed E-state index contributed by atoms with van der Waals surface area (Å²) in [5.74, 6) is -4.03. The number of nitrogens with one attached hydrogen (secondary N) is 1. The van der Waals surface area contributed by atoms with Crippen LogP contribution in [-0.2, 0) is 0 Å². The predicted molar refractivity (Wildman–Crippen MR) is 57.1 cm³/mol. The van der Waals surface area contributed by atoms with E-state index in [1.165, 1.54) is 12.3 Å². The molecule has 1 N–H and O–H groups in total. The zero-order valence-corrected chi connectivity index (χ0v) is 8.85. The summed E-state index contributed by atoms with van der Waals surface area (Å²) in [5, 5.41) is 0. The minimum absolute atomic E-state index is 0.167. The van der Waals surface area contributed by atoms with Crippen molar-refractivity contribution in [1.82, 2.24) is 4.98 Å². The van der Waals surface area contributed by atoms with Crippen molar-refractivity contribution in [2.75, 3.05) is 0 Å². The molecule has 0 fully saturated rings. The third-order valence-corrected chi connectivity index (χ3v) is 2.41. The first-order valence-corrected chi connectivity index (χ1v) is 4.83. The molecule has 0 amide bonds. The Balaban J connectivity index is 2.61. The van der Waals surface area contributed by atoms with Crippen molar-refractivity contribution < 1.29 is 13.2 Å².